The van der Waals surface area contributed by atoms with Crippen molar-refractivity contribution in [3.8, 4) is 11.6 Å². The highest BCUT2D eigenvalue weighted by Crippen LogP contribution is 2.21. The van der Waals surface area contributed by atoms with Gasteiger partial charge in [-0.2, -0.15) is 4.68 Å². The standard InChI is InChI=1S/C15H18N6O2/c1-3-5-11-6-4-7-13(21-15(22)16-18-19-21)12(11)10-23-14-8-9-20(2)17-14/h4,6-9H,3,5,10H2,1-2H3,(H,16,19,22). The summed E-state index contributed by atoms with van der Waals surface area (Å²) >= 11 is 0. The molecular weight excluding hydrogens is 296 g/mol. The van der Waals surface area contributed by atoms with Gasteiger partial charge in [-0.1, -0.05) is 25.5 Å². The molecule has 3 rings (SSSR count). The Balaban J connectivity index is 1.97. The van der Waals surface area contributed by atoms with E-state index >= 15 is 0 Å². The first-order valence-electron chi connectivity index (χ1n) is 7.43. The summed E-state index contributed by atoms with van der Waals surface area (Å²) in [7, 11) is 1.83. The zero-order valence-corrected chi connectivity index (χ0v) is 13.1. The summed E-state index contributed by atoms with van der Waals surface area (Å²) < 4.78 is 8.70. The molecule has 0 aliphatic carbocycles. The average Bonchev–Trinajstić information content (AvgIpc) is 3.14. The Morgan fingerprint density at radius 3 is 2.83 bits per heavy atom. The highest BCUT2D eigenvalue weighted by atomic mass is 16.5. The van der Waals surface area contributed by atoms with Crippen molar-refractivity contribution in [2.24, 2.45) is 7.05 Å². The highest BCUT2D eigenvalue weighted by Gasteiger charge is 2.14. The van der Waals surface area contributed by atoms with Gasteiger partial charge in [-0.3, -0.25) is 4.68 Å². The number of benzene rings is 1. The minimum atomic E-state index is -0.377. The molecule has 0 aliphatic rings. The maximum absolute atomic E-state index is 11.8. The third-order valence-corrected chi connectivity index (χ3v) is 3.52. The summed E-state index contributed by atoms with van der Waals surface area (Å²) in [6.07, 6.45) is 3.70. The monoisotopic (exact) mass is 314 g/mol. The number of aromatic nitrogens is 6. The zero-order chi connectivity index (χ0) is 16.2. The summed E-state index contributed by atoms with van der Waals surface area (Å²) in [5.74, 6) is 0.539. The lowest BCUT2D eigenvalue weighted by Crippen LogP contribution is -2.19. The van der Waals surface area contributed by atoms with Crippen LogP contribution in [0.15, 0.2) is 35.3 Å². The van der Waals surface area contributed by atoms with Crippen molar-refractivity contribution in [2.45, 2.75) is 26.4 Å². The molecule has 0 saturated heterocycles. The van der Waals surface area contributed by atoms with Gasteiger partial charge in [0, 0.05) is 24.9 Å². The number of hydrogen-bond acceptors (Lipinski definition) is 5. The second-order valence-electron chi connectivity index (χ2n) is 5.20. The normalized spacial score (nSPS) is 10.9. The third kappa shape index (κ3) is 3.15. The van der Waals surface area contributed by atoms with Gasteiger partial charge in [0.05, 0.1) is 5.69 Å². The minimum Gasteiger partial charge on any atom is -0.472 e. The molecule has 23 heavy (non-hydrogen) atoms. The van der Waals surface area contributed by atoms with Crippen LogP contribution in [0.1, 0.15) is 24.5 Å². The molecular formula is C15H18N6O2. The Hall–Kier alpha value is -2.90. The van der Waals surface area contributed by atoms with Crippen molar-refractivity contribution in [1.82, 2.24) is 30.0 Å². The lowest BCUT2D eigenvalue weighted by atomic mass is 10.0. The smallest absolute Gasteiger partial charge is 0.365 e. The van der Waals surface area contributed by atoms with Gasteiger partial charge >= 0.3 is 5.69 Å². The predicted molar refractivity (Wildman–Crippen MR) is 83.5 cm³/mol. The van der Waals surface area contributed by atoms with Crippen LogP contribution < -0.4 is 10.4 Å². The van der Waals surface area contributed by atoms with Gasteiger partial charge in [-0.15, -0.1) is 5.10 Å². The van der Waals surface area contributed by atoms with E-state index in [1.807, 2.05) is 31.4 Å². The molecule has 0 fully saturated rings. The number of hydrogen-bond donors (Lipinski definition) is 1. The van der Waals surface area contributed by atoms with Gasteiger partial charge in [0.1, 0.15) is 6.61 Å². The number of ether oxygens (including phenoxy) is 1. The fraction of sp³-hybridized carbons (Fsp3) is 0.333. The largest absolute Gasteiger partial charge is 0.472 e. The first kappa shape index (κ1) is 15.0. The van der Waals surface area contributed by atoms with E-state index in [2.05, 4.69) is 27.5 Å². The van der Waals surface area contributed by atoms with Crippen LogP contribution in [0.5, 0.6) is 5.88 Å². The van der Waals surface area contributed by atoms with Crippen LogP contribution >= 0.6 is 0 Å². The van der Waals surface area contributed by atoms with Gasteiger partial charge in [-0.05, 0) is 28.5 Å². The maximum Gasteiger partial charge on any atom is 0.365 e. The molecule has 0 spiro atoms. The SMILES string of the molecule is CCCc1cccc(-n2nn[nH]c2=O)c1COc1ccn(C)n1. The summed E-state index contributed by atoms with van der Waals surface area (Å²) in [6, 6.07) is 7.57. The average molecular weight is 314 g/mol. The van der Waals surface area contributed by atoms with E-state index in [1.54, 1.807) is 10.7 Å². The number of H-pyrrole nitrogens is 1. The van der Waals surface area contributed by atoms with Crippen molar-refractivity contribution >= 4 is 0 Å². The van der Waals surface area contributed by atoms with Gasteiger partial charge in [0.25, 0.3) is 0 Å². The zero-order valence-electron chi connectivity index (χ0n) is 13.1. The Morgan fingerprint density at radius 2 is 2.17 bits per heavy atom. The maximum atomic E-state index is 11.8. The van der Waals surface area contributed by atoms with Crippen molar-refractivity contribution in [3.05, 3.63) is 52.1 Å². The summed E-state index contributed by atoms with van der Waals surface area (Å²) in [4.78, 5) is 11.8. The molecule has 0 unspecified atom stereocenters. The van der Waals surface area contributed by atoms with Crippen molar-refractivity contribution in [2.75, 3.05) is 0 Å². The van der Waals surface area contributed by atoms with Gasteiger partial charge in [0.2, 0.25) is 5.88 Å². The summed E-state index contributed by atoms with van der Waals surface area (Å²) in [5.41, 5.74) is 2.33. The predicted octanol–water partition coefficient (Wildman–Crippen LogP) is 1.22. The molecule has 0 bridgehead atoms. The molecule has 0 saturated carbocycles. The Morgan fingerprint density at radius 1 is 1.30 bits per heavy atom. The van der Waals surface area contributed by atoms with E-state index in [9.17, 15) is 4.79 Å². The van der Waals surface area contributed by atoms with E-state index in [4.69, 9.17) is 4.74 Å². The second-order valence-corrected chi connectivity index (χ2v) is 5.20. The number of aryl methyl sites for hydroxylation is 2. The van der Waals surface area contributed by atoms with Crippen molar-refractivity contribution in [3.63, 3.8) is 0 Å². The van der Waals surface area contributed by atoms with Gasteiger partial charge in [0.15, 0.2) is 0 Å². The molecule has 120 valence electrons. The first-order valence-corrected chi connectivity index (χ1v) is 7.43. The van der Waals surface area contributed by atoms with E-state index in [1.165, 1.54) is 4.68 Å². The second kappa shape index (κ2) is 6.47. The van der Waals surface area contributed by atoms with Crippen molar-refractivity contribution in [1.29, 1.82) is 0 Å². The molecule has 0 atom stereocenters. The molecule has 1 aromatic carbocycles. The van der Waals surface area contributed by atoms with Gasteiger partial charge in [-0.25, -0.2) is 9.89 Å². The van der Waals surface area contributed by atoms with Crippen LogP contribution in [0.2, 0.25) is 0 Å². The minimum absolute atomic E-state index is 0.307. The molecule has 0 aliphatic heterocycles. The number of rotatable bonds is 6. The van der Waals surface area contributed by atoms with E-state index in [0.29, 0.717) is 18.2 Å². The molecule has 8 heteroatoms. The van der Waals surface area contributed by atoms with E-state index in [-0.39, 0.29) is 5.69 Å². The number of nitrogens with one attached hydrogen (secondary N) is 1. The first-order chi connectivity index (χ1) is 11.2. The Labute approximate surface area is 132 Å². The third-order valence-electron chi connectivity index (χ3n) is 3.52. The van der Waals surface area contributed by atoms with E-state index < -0.39 is 0 Å². The van der Waals surface area contributed by atoms with Crippen LogP contribution in [0.25, 0.3) is 5.69 Å². The molecule has 2 aromatic heterocycles. The molecule has 1 N–H and O–H groups in total. The molecule has 0 radical (unpaired) electrons. The highest BCUT2D eigenvalue weighted by molar-refractivity contribution is 5.45. The fourth-order valence-electron chi connectivity index (χ4n) is 2.46. The lowest BCUT2D eigenvalue weighted by molar-refractivity contribution is 0.289. The fourth-order valence-corrected chi connectivity index (χ4v) is 2.46. The lowest BCUT2D eigenvalue weighted by Gasteiger charge is -2.13. The topological polar surface area (TPSA) is 90.6 Å². The van der Waals surface area contributed by atoms with E-state index in [0.717, 1.165) is 24.0 Å². The number of nitrogens with zero attached hydrogens (tertiary/aromatic N) is 5. The quantitative estimate of drug-likeness (QED) is 0.739. The summed E-state index contributed by atoms with van der Waals surface area (Å²) in [5, 5.41) is 13.9. The summed E-state index contributed by atoms with van der Waals surface area (Å²) in [6.45, 7) is 2.42. The van der Waals surface area contributed by atoms with Crippen LogP contribution in [0.4, 0.5) is 0 Å². The number of tetrazole rings is 1. The Kier molecular flexibility index (Phi) is 4.22. The molecule has 3 aromatic rings. The molecule has 0 amide bonds. The van der Waals surface area contributed by atoms with Crippen LogP contribution in [0.3, 0.4) is 0 Å². The number of aromatic amines is 1. The Bertz CT molecular complexity index is 848. The molecule has 2 heterocycles. The van der Waals surface area contributed by atoms with Crippen LogP contribution in [-0.4, -0.2) is 30.0 Å². The van der Waals surface area contributed by atoms with Crippen molar-refractivity contribution < 1.29 is 4.74 Å². The molecule has 8 nitrogen and oxygen atoms in total. The van der Waals surface area contributed by atoms with Gasteiger partial charge < -0.3 is 4.74 Å². The van der Waals surface area contributed by atoms with Crippen LogP contribution in [-0.2, 0) is 20.1 Å². The van der Waals surface area contributed by atoms with Crippen LogP contribution in [0, 0.1) is 0 Å².